The first-order chi connectivity index (χ1) is 10.8. The third-order valence-corrected chi connectivity index (χ3v) is 4.16. The number of likely N-dealkylation sites (tertiary alicyclic amines) is 1. The minimum atomic E-state index is -0.0714. The first-order valence-corrected chi connectivity index (χ1v) is 7.56. The standard InChI is InChI=1S/C16H20N4O2/c1-22-14-7-5-12(6-8-14)13-4-2-3-9-20(10-13)16(21)15-17-11-18-19-15/h5-8,11,13H,2-4,9-10H2,1H3,(H,17,18,19). The maximum absolute atomic E-state index is 12.5. The molecule has 1 fully saturated rings. The van der Waals surface area contributed by atoms with Crippen molar-refractivity contribution in [1.82, 2.24) is 20.1 Å². The summed E-state index contributed by atoms with van der Waals surface area (Å²) in [5, 5.41) is 6.42. The van der Waals surface area contributed by atoms with Gasteiger partial charge in [0.2, 0.25) is 5.82 Å². The van der Waals surface area contributed by atoms with Crippen molar-refractivity contribution < 1.29 is 9.53 Å². The summed E-state index contributed by atoms with van der Waals surface area (Å²) in [5.41, 5.74) is 1.25. The number of nitrogens with zero attached hydrogens (tertiary/aromatic N) is 3. The molecular formula is C16H20N4O2. The van der Waals surface area contributed by atoms with Crippen LogP contribution in [0.15, 0.2) is 30.6 Å². The number of carbonyl (C=O) groups is 1. The maximum Gasteiger partial charge on any atom is 0.291 e. The second-order valence-corrected chi connectivity index (χ2v) is 5.55. The molecular weight excluding hydrogens is 280 g/mol. The summed E-state index contributed by atoms with van der Waals surface area (Å²) in [6.07, 6.45) is 4.60. The Bertz CT molecular complexity index is 610. The normalized spacial score (nSPS) is 18.8. The Balaban J connectivity index is 1.75. The van der Waals surface area contributed by atoms with E-state index in [1.165, 1.54) is 11.9 Å². The Kier molecular flexibility index (Phi) is 4.37. The van der Waals surface area contributed by atoms with Gasteiger partial charge in [0.15, 0.2) is 0 Å². The molecule has 1 amide bonds. The number of amides is 1. The van der Waals surface area contributed by atoms with Crippen molar-refractivity contribution in [3.8, 4) is 5.75 Å². The van der Waals surface area contributed by atoms with Gasteiger partial charge in [0.05, 0.1) is 7.11 Å². The number of aromatic amines is 1. The lowest BCUT2D eigenvalue weighted by Crippen LogP contribution is -2.34. The molecule has 0 aliphatic carbocycles. The number of benzene rings is 1. The lowest BCUT2D eigenvalue weighted by atomic mass is 9.94. The van der Waals surface area contributed by atoms with Crippen LogP contribution in [0.2, 0.25) is 0 Å². The molecule has 1 unspecified atom stereocenters. The molecule has 2 aromatic rings. The Labute approximate surface area is 129 Å². The highest BCUT2D eigenvalue weighted by Crippen LogP contribution is 2.28. The van der Waals surface area contributed by atoms with E-state index < -0.39 is 0 Å². The first-order valence-electron chi connectivity index (χ1n) is 7.56. The zero-order valence-electron chi connectivity index (χ0n) is 12.7. The lowest BCUT2D eigenvalue weighted by molar-refractivity contribution is 0.0742. The summed E-state index contributed by atoms with van der Waals surface area (Å²) in [5.74, 6) is 1.44. The van der Waals surface area contributed by atoms with Crippen LogP contribution in [0.4, 0.5) is 0 Å². The molecule has 0 spiro atoms. The number of hydrogen-bond donors (Lipinski definition) is 1. The van der Waals surface area contributed by atoms with Crippen LogP contribution in [-0.4, -0.2) is 46.2 Å². The van der Waals surface area contributed by atoms with E-state index in [-0.39, 0.29) is 5.91 Å². The molecule has 0 bridgehead atoms. The van der Waals surface area contributed by atoms with E-state index in [1.807, 2.05) is 17.0 Å². The minimum Gasteiger partial charge on any atom is -0.497 e. The minimum absolute atomic E-state index is 0.0714. The number of aromatic nitrogens is 3. The van der Waals surface area contributed by atoms with Gasteiger partial charge in [-0.2, -0.15) is 5.10 Å². The molecule has 1 N–H and O–H groups in total. The molecule has 1 atom stereocenters. The van der Waals surface area contributed by atoms with Gasteiger partial charge in [-0.3, -0.25) is 9.89 Å². The van der Waals surface area contributed by atoms with E-state index >= 15 is 0 Å². The maximum atomic E-state index is 12.5. The van der Waals surface area contributed by atoms with Crippen LogP contribution in [0.25, 0.3) is 0 Å². The van der Waals surface area contributed by atoms with Crippen LogP contribution in [0.5, 0.6) is 5.75 Å². The fraction of sp³-hybridized carbons (Fsp3) is 0.438. The summed E-state index contributed by atoms with van der Waals surface area (Å²) in [4.78, 5) is 18.3. The summed E-state index contributed by atoms with van der Waals surface area (Å²) >= 11 is 0. The molecule has 1 aliphatic heterocycles. The SMILES string of the molecule is COc1ccc(C2CCCCN(C(=O)c3ncn[nH]3)C2)cc1. The van der Waals surface area contributed by atoms with Gasteiger partial charge in [0.25, 0.3) is 5.91 Å². The average molecular weight is 300 g/mol. The highest BCUT2D eigenvalue weighted by atomic mass is 16.5. The lowest BCUT2D eigenvalue weighted by Gasteiger charge is -2.24. The van der Waals surface area contributed by atoms with Gasteiger partial charge in [-0.25, -0.2) is 4.98 Å². The van der Waals surface area contributed by atoms with Crippen LogP contribution >= 0.6 is 0 Å². The number of rotatable bonds is 3. The molecule has 6 nitrogen and oxygen atoms in total. The van der Waals surface area contributed by atoms with Crippen LogP contribution in [0.3, 0.4) is 0 Å². The van der Waals surface area contributed by atoms with Crippen molar-refractivity contribution in [1.29, 1.82) is 0 Å². The van der Waals surface area contributed by atoms with Crippen molar-refractivity contribution in [2.75, 3.05) is 20.2 Å². The Morgan fingerprint density at radius 2 is 2.14 bits per heavy atom. The molecule has 1 aromatic carbocycles. The molecule has 0 radical (unpaired) electrons. The van der Waals surface area contributed by atoms with Gasteiger partial charge in [-0.15, -0.1) is 0 Å². The van der Waals surface area contributed by atoms with E-state index in [9.17, 15) is 4.79 Å². The van der Waals surface area contributed by atoms with E-state index in [4.69, 9.17) is 4.74 Å². The molecule has 3 rings (SSSR count). The number of carbonyl (C=O) groups excluding carboxylic acids is 1. The second kappa shape index (κ2) is 6.60. The predicted molar refractivity (Wildman–Crippen MR) is 81.9 cm³/mol. The van der Waals surface area contributed by atoms with E-state index in [1.54, 1.807) is 7.11 Å². The number of ether oxygens (including phenoxy) is 1. The Hall–Kier alpha value is -2.37. The summed E-state index contributed by atoms with van der Waals surface area (Å²) in [6, 6.07) is 8.13. The summed E-state index contributed by atoms with van der Waals surface area (Å²) in [6.45, 7) is 1.48. The molecule has 116 valence electrons. The quantitative estimate of drug-likeness (QED) is 0.943. The second-order valence-electron chi connectivity index (χ2n) is 5.55. The fourth-order valence-electron chi connectivity index (χ4n) is 2.93. The average Bonchev–Trinajstić information content (AvgIpc) is 2.99. The highest BCUT2D eigenvalue weighted by molar-refractivity contribution is 5.90. The van der Waals surface area contributed by atoms with Gasteiger partial charge in [0, 0.05) is 19.0 Å². The Morgan fingerprint density at radius 3 is 2.82 bits per heavy atom. The van der Waals surface area contributed by atoms with Crippen molar-refractivity contribution in [3.05, 3.63) is 42.0 Å². The van der Waals surface area contributed by atoms with E-state index in [0.29, 0.717) is 18.3 Å². The third kappa shape index (κ3) is 3.10. The van der Waals surface area contributed by atoms with Crippen molar-refractivity contribution in [3.63, 3.8) is 0 Å². The number of methoxy groups -OCH3 is 1. The van der Waals surface area contributed by atoms with Gasteiger partial charge in [-0.1, -0.05) is 18.6 Å². The van der Waals surface area contributed by atoms with Gasteiger partial charge < -0.3 is 9.64 Å². The smallest absolute Gasteiger partial charge is 0.291 e. The number of H-pyrrole nitrogens is 1. The number of hydrogen-bond acceptors (Lipinski definition) is 4. The molecule has 1 aliphatic rings. The van der Waals surface area contributed by atoms with Crippen LogP contribution in [0.1, 0.15) is 41.4 Å². The van der Waals surface area contributed by atoms with Gasteiger partial charge >= 0.3 is 0 Å². The monoisotopic (exact) mass is 300 g/mol. The van der Waals surface area contributed by atoms with Crippen molar-refractivity contribution in [2.24, 2.45) is 0 Å². The molecule has 0 saturated carbocycles. The van der Waals surface area contributed by atoms with Gasteiger partial charge in [0.1, 0.15) is 12.1 Å². The van der Waals surface area contributed by atoms with Crippen LogP contribution in [-0.2, 0) is 0 Å². The molecule has 22 heavy (non-hydrogen) atoms. The largest absolute Gasteiger partial charge is 0.497 e. The predicted octanol–water partition coefficient (Wildman–Crippen LogP) is 2.22. The van der Waals surface area contributed by atoms with Crippen molar-refractivity contribution >= 4 is 5.91 Å². The number of nitrogens with one attached hydrogen (secondary N) is 1. The molecule has 6 heteroatoms. The van der Waals surface area contributed by atoms with Gasteiger partial charge in [-0.05, 0) is 30.5 Å². The molecule has 1 aromatic heterocycles. The topological polar surface area (TPSA) is 71.1 Å². The van der Waals surface area contributed by atoms with Crippen LogP contribution < -0.4 is 4.74 Å². The summed E-state index contributed by atoms with van der Waals surface area (Å²) < 4.78 is 5.21. The first kappa shape index (κ1) is 14.6. The molecule has 1 saturated heterocycles. The third-order valence-electron chi connectivity index (χ3n) is 4.16. The zero-order valence-corrected chi connectivity index (χ0v) is 12.7. The Morgan fingerprint density at radius 1 is 1.32 bits per heavy atom. The zero-order chi connectivity index (χ0) is 15.4. The highest BCUT2D eigenvalue weighted by Gasteiger charge is 2.25. The molecule has 2 heterocycles. The summed E-state index contributed by atoms with van der Waals surface area (Å²) in [7, 11) is 1.67. The van der Waals surface area contributed by atoms with E-state index in [2.05, 4.69) is 27.3 Å². The van der Waals surface area contributed by atoms with Crippen LogP contribution in [0, 0.1) is 0 Å². The fourth-order valence-corrected chi connectivity index (χ4v) is 2.93. The van der Waals surface area contributed by atoms with E-state index in [0.717, 1.165) is 31.6 Å². The van der Waals surface area contributed by atoms with Crippen molar-refractivity contribution in [2.45, 2.75) is 25.2 Å².